The van der Waals surface area contributed by atoms with Gasteiger partial charge >= 0.3 is 12.5 Å². The van der Waals surface area contributed by atoms with Gasteiger partial charge in [0.05, 0.1) is 12.1 Å². The third kappa shape index (κ3) is 6.13. The molecule has 0 bridgehead atoms. The van der Waals surface area contributed by atoms with Crippen LogP contribution in [0, 0.1) is 0 Å². The van der Waals surface area contributed by atoms with Crippen LogP contribution in [0.4, 0.5) is 32.0 Å². The third-order valence-corrected chi connectivity index (χ3v) is 4.23. The lowest BCUT2D eigenvalue weighted by atomic mass is 10.1. The summed E-state index contributed by atoms with van der Waals surface area (Å²) in [6.45, 7) is -0.134. The Labute approximate surface area is 176 Å². The molecule has 0 aliphatic rings. The fourth-order valence-electron chi connectivity index (χ4n) is 2.72. The Hall–Kier alpha value is -3.76. The van der Waals surface area contributed by atoms with Crippen LogP contribution in [0.15, 0.2) is 71.7 Å². The van der Waals surface area contributed by atoms with Gasteiger partial charge in [-0.2, -0.15) is 13.2 Å². The van der Waals surface area contributed by atoms with Crippen LogP contribution in [0.5, 0.6) is 5.75 Å². The molecule has 1 N–H and O–H groups in total. The number of hydrogen-bond acceptors (Lipinski definition) is 3. The number of nitrogens with one attached hydrogen (secondary N) is 1. The average molecular weight is 456 g/mol. The summed E-state index contributed by atoms with van der Waals surface area (Å²) in [7, 11) is 0. The number of hydrogen-bond donors (Lipinski definition) is 1. The molecule has 1 heterocycles. The largest absolute Gasteiger partial charge is 0.573 e. The predicted octanol–water partition coefficient (Wildman–Crippen LogP) is 5.07. The minimum atomic E-state index is -4.83. The van der Waals surface area contributed by atoms with Crippen LogP contribution < -0.4 is 15.6 Å². The van der Waals surface area contributed by atoms with E-state index in [0.29, 0.717) is 11.6 Å². The van der Waals surface area contributed by atoms with E-state index in [-0.39, 0.29) is 17.8 Å². The molecule has 0 radical (unpaired) electrons. The Kier molecular flexibility index (Phi) is 6.28. The highest BCUT2D eigenvalue weighted by Gasteiger charge is 2.31. The minimum Gasteiger partial charge on any atom is -0.406 e. The predicted molar refractivity (Wildman–Crippen MR) is 102 cm³/mol. The summed E-state index contributed by atoms with van der Waals surface area (Å²) in [5.41, 5.74) is -0.668. The molecule has 0 fully saturated rings. The average Bonchev–Trinajstić information content (AvgIpc) is 2.69. The van der Waals surface area contributed by atoms with Gasteiger partial charge in [-0.1, -0.05) is 12.1 Å². The van der Waals surface area contributed by atoms with Crippen LogP contribution >= 0.6 is 0 Å². The zero-order valence-electron chi connectivity index (χ0n) is 16.0. The van der Waals surface area contributed by atoms with E-state index >= 15 is 0 Å². The van der Waals surface area contributed by atoms with Crippen LogP contribution in [0.3, 0.4) is 0 Å². The van der Waals surface area contributed by atoms with Gasteiger partial charge in [-0.05, 0) is 48.0 Å². The van der Waals surface area contributed by atoms with Gasteiger partial charge in [0.1, 0.15) is 5.75 Å². The summed E-state index contributed by atoms with van der Waals surface area (Å²) in [6.07, 6.45) is -8.70. The molecular weight excluding hydrogens is 442 g/mol. The van der Waals surface area contributed by atoms with Crippen LogP contribution in [0.25, 0.3) is 0 Å². The van der Waals surface area contributed by atoms with Gasteiger partial charge in [0.25, 0.3) is 11.5 Å². The van der Waals surface area contributed by atoms with Crippen molar-refractivity contribution in [2.75, 3.05) is 5.32 Å². The van der Waals surface area contributed by atoms with Gasteiger partial charge in [-0.3, -0.25) is 9.59 Å². The molecule has 1 aromatic heterocycles. The quantitative estimate of drug-likeness (QED) is 0.546. The summed E-state index contributed by atoms with van der Waals surface area (Å²) in [4.78, 5) is 24.1. The highest BCUT2D eigenvalue weighted by Crippen LogP contribution is 2.28. The molecule has 1 amide bonds. The van der Waals surface area contributed by atoms with Crippen molar-refractivity contribution in [3.63, 3.8) is 0 Å². The molecule has 0 spiro atoms. The SMILES string of the molecule is O=C(Nc1ccc(OC(F)(F)F)cc1)c1ccc(Cn2cc(C(F)(F)F)ccc2=O)cc1. The van der Waals surface area contributed by atoms with Crippen molar-refractivity contribution in [1.29, 1.82) is 0 Å². The second-order valence-electron chi connectivity index (χ2n) is 6.60. The van der Waals surface area contributed by atoms with E-state index in [1.165, 1.54) is 36.4 Å². The van der Waals surface area contributed by atoms with E-state index in [1.54, 1.807) is 0 Å². The topological polar surface area (TPSA) is 60.3 Å². The van der Waals surface area contributed by atoms with E-state index in [9.17, 15) is 35.9 Å². The Morgan fingerprint density at radius 1 is 0.875 bits per heavy atom. The van der Waals surface area contributed by atoms with Gasteiger partial charge in [0.15, 0.2) is 0 Å². The van der Waals surface area contributed by atoms with Crippen LogP contribution in [0.1, 0.15) is 21.5 Å². The fourth-order valence-corrected chi connectivity index (χ4v) is 2.72. The van der Waals surface area contributed by atoms with E-state index < -0.39 is 35.3 Å². The van der Waals surface area contributed by atoms with Crippen molar-refractivity contribution >= 4 is 11.6 Å². The molecule has 0 aliphatic heterocycles. The van der Waals surface area contributed by atoms with Crippen LogP contribution in [0.2, 0.25) is 0 Å². The number of rotatable bonds is 5. The second kappa shape index (κ2) is 8.77. The molecule has 0 aliphatic carbocycles. The van der Waals surface area contributed by atoms with Gasteiger partial charge < -0.3 is 14.6 Å². The maximum atomic E-state index is 12.8. The number of alkyl halides is 6. The molecule has 3 aromatic rings. The molecule has 2 aromatic carbocycles. The number of pyridine rings is 1. The van der Waals surface area contributed by atoms with Gasteiger partial charge in [0, 0.05) is 23.5 Å². The van der Waals surface area contributed by atoms with Crippen molar-refractivity contribution in [2.24, 2.45) is 0 Å². The van der Waals surface area contributed by atoms with E-state index in [1.807, 2.05) is 0 Å². The molecule has 11 heteroatoms. The monoisotopic (exact) mass is 456 g/mol. The molecule has 5 nitrogen and oxygen atoms in total. The van der Waals surface area contributed by atoms with Crippen molar-refractivity contribution < 1.29 is 35.9 Å². The molecule has 32 heavy (non-hydrogen) atoms. The lowest BCUT2D eigenvalue weighted by Gasteiger charge is -2.11. The fraction of sp³-hybridized carbons (Fsp3) is 0.143. The number of halogens is 6. The first-order chi connectivity index (χ1) is 14.9. The number of aromatic nitrogens is 1. The molecule has 0 saturated carbocycles. The molecule has 0 atom stereocenters. The number of benzene rings is 2. The van der Waals surface area contributed by atoms with Crippen molar-refractivity contribution in [1.82, 2.24) is 4.57 Å². The normalized spacial score (nSPS) is 11.8. The summed E-state index contributed by atoms with van der Waals surface area (Å²) >= 11 is 0. The summed E-state index contributed by atoms with van der Waals surface area (Å²) in [6, 6.07) is 11.8. The Balaban J connectivity index is 1.67. The van der Waals surface area contributed by atoms with Crippen LogP contribution in [-0.2, 0) is 12.7 Å². The summed E-state index contributed by atoms with van der Waals surface area (Å²) < 4.78 is 79.7. The second-order valence-corrected chi connectivity index (χ2v) is 6.60. The van der Waals surface area contributed by atoms with Gasteiger partial charge in [-0.15, -0.1) is 13.2 Å². The molecular formula is C21H14F6N2O3. The zero-order chi connectivity index (χ0) is 23.5. The number of anilines is 1. The van der Waals surface area contributed by atoms with Crippen LogP contribution in [-0.4, -0.2) is 16.8 Å². The molecule has 168 valence electrons. The molecule has 3 rings (SSSR count). The van der Waals surface area contributed by atoms with Gasteiger partial charge in [0.2, 0.25) is 0 Å². The van der Waals surface area contributed by atoms with E-state index in [2.05, 4.69) is 10.1 Å². The van der Waals surface area contributed by atoms with Crippen molar-refractivity contribution in [2.45, 2.75) is 19.1 Å². The Morgan fingerprint density at radius 2 is 1.50 bits per heavy atom. The first-order valence-corrected chi connectivity index (χ1v) is 8.94. The number of amides is 1. The highest BCUT2D eigenvalue weighted by molar-refractivity contribution is 6.04. The van der Waals surface area contributed by atoms with E-state index in [4.69, 9.17) is 0 Å². The Morgan fingerprint density at radius 3 is 2.06 bits per heavy atom. The first-order valence-electron chi connectivity index (χ1n) is 8.94. The summed E-state index contributed by atoms with van der Waals surface area (Å²) in [5, 5.41) is 2.49. The first kappa shape index (κ1) is 22.9. The number of carbonyl (C=O) groups excluding carboxylic acids is 1. The lowest BCUT2D eigenvalue weighted by molar-refractivity contribution is -0.274. The highest BCUT2D eigenvalue weighted by atomic mass is 19.4. The maximum absolute atomic E-state index is 12.8. The van der Waals surface area contributed by atoms with Crippen molar-refractivity contribution in [3.05, 3.63) is 93.9 Å². The zero-order valence-corrected chi connectivity index (χ0v) is 16.0. The molecule has 0 saturated heterocycles. The number of ether oxygens (including phenoxy) is 1. The van der Waals surface area contributed by atoms with Gasteiger partial charge in [-0.25, -0.2) is 0 Å². The molecule has 0 unspecified atom stereocenters. The lowest BCUT2D eigenvalue weighted by Crippen LogP contribution is -2.22. The number of carbonyl (C=O) groups is 1. The minimum absolute atomic E-state index is 0.134. The number of nitrogens with zero attached hydrogens (tertiary/aromatic N) is 1. The van der Waals surface area contributed by atoms with Crippen molar-refractivity contribution in [3.8, 4) is 5.75 Å². The standard InChI is InChI=1S/C21H14F6N2O3/c22-20(23,24)15-5-10-18(30)29(12-15)11-13-1-3-14(4-2-13)19(31)28-16-6-8-17(9-7-16)32-21(25,26)27/h1-10,12H,11H2,(H,28,31). The third-order valence-electron chi connectivity index (χ3n) is 4.23. The van der Waals surface area contributed by atoms with E-state index in [0.717, 1.165) is 29.0 Å². The Bertz CT molecular complexity index is 1150. The summed E-state index contributed by atoms with van der Waals surface area (Å²) in [5.74, 6) is -0.998. The maximum Gasteiger partial charge on any atom is 0.573 e. The smallest absolute Gasteiger partial charge is 0.406 e.